The normalized spacial score (nSPS) is 10.8. The maximum Gasteiger partial charge on any atom is 0.258 e. The quantitative estimate of drug-likeness (QED) is 0.757. The molecule has 0 saturated heterocycles. The highest BCUT2D eigenvalue weighted by molar-refractivity contribution is 5.90. The molecule has 0 bridgehead atoms. The molecule has 0 fully saturated rings. The van der Waals surface area contributed by atoms with E-state index in [0.29, 0.717) is 28.8 Å². The number of aromatic amines is 1. The third-order valence-electron chi connectivity index (χ3n) is 3.24. The Morgan fingerprint density at radius 3 is 2.95 bits per heavy atom. The number of benzene rings is 1. The zero-order chi connectivity index (χ0) is 15.5. The molecule has 7 heteroatoms. The molecular formula is C15H15N5O2. The summed E-state index contributed by atoms with van der Waals surface area (Å²) in [5.41, 5.74) is 1.09. The van der Waals surface area contributed by atoms with Gasteiger partial charge >= 0.3 is 0 Å². The zero-order valence-electron chi connectivity index (χ0n) is 12.0. The van der Waals surface area contributed by atoms with Gasteiger partial charge in [0, 0.05) is 26.1 Å². The number of hydrogen-bond acceptors (Lipinski definition) is 4. The van der Waals surface area contributed by atoms with Crippen LogP contribution < -0.4 is 10.9 Å². The minimum absolute atomic E-state index is 0.149. The lowest BCUT2D eigenvalue weighted by atomic mass is 10.2. The van der Waals surface area contributed by atoms with Crippen LogP contribution >= 0.6 is 0 Å². The molecule has 0 atom stereocenters. The standard InChI is InChI=1S/C15H15N5O2/c1-20-9-10(8-16-20)17-14(21)7-6-13-18-12-5-3-2-4-11(12)15(22)19-13/h2-5,8-9H,6-7H2,1H3,(H,17,21)(H,18,19,22). The number of anilines is 1. The van der Waals surface area contributed by atoms with E-state index in [9.17, 15) is 9.59 Å². The second kappa shape index (κ2) is 5.80. The number of hydrogen-bond donors (Lipinski definition) is 2. The molecule has 3 aromatic rings. The molecule has 0 unspecified atom stereocenters. The van der Waals surface area contributed by atoms with Gasteiger partial charge in [-0.15, -0.1) is 0 Å². The van der Waals surface area contributed by atoms with Crippen LogP contribution in [0.15, 0.2) is 41.5 Å². The smallest absolute Gasteiger partial charge is 0.258 e. The number of nitrogens with zero attached hydrogens (tertiary/aromatic N) is 3. The van der Waals surface area contributed by atoms with Gasteiger partial charge in [0.2, 0.25) is 5.91 Å². The Morgan fingerprint density at radius 1 is 1.36 bits per heavy atom. The van der Waals surface area contributed by atoms with Crippen molar-refractivity contribution in [2.24, 2.45) is 7.05 Å². The van der Waals surface area contributed by atoms with Gasteiger partial charge in [0.25, 0.3) is 5.56 Å². The molecule has 112 valence electrons. The van der Waals surface area contributed by atoms with Crippen molar-refractivity contribution >= 4 is 22.5 Å². The van der Waals surface area contributed by atoms with Crippen molar-refractivity contribution in [3.63, 3.8) is 0 Å². The van der Waals surface area contributed by atoms with Gasteiger partial charge in [-0.25, -0.2) is 4.98 Å². The largest absolute Gasteiger partial charge is 0.323 e. The number of aromatic nitrogens is 4. The highest BCUT2D eigenvalue weighted by Gasteiger charge is 2.07. The summed E-state index contributed by atoms with van der Waals surface area (Å²) in [7, 11) is 1.78. The summed E-state index contributed by atoms with van der Waals surface area (Å²) >= 11 is 0. The van der Waals surface area contributed by atoms with E-state index in [4.69, 9.17) is 0 Å². The van der Waals surface area contributed by atoms with E-state index in [1.165, 1.54) is 0 Å². The average molecular weight is 297 g/mol. The summed E-state index contributed by atoms with van der Waals surface area (Å²) in [6, 6.07) is 7.12. The van der Waals surface area contributed by atoms with Crippen molar-refractivity contribution in [3.8, 4) is 0 Å². The summed E-state index contributed by atoms with van der Waals surface area (Å²) in [6.45, 7) is 0. The van der Waals surface area contributed by atoms with E-state index >= 15 is 0 Å². The molecule has 0 saturated carbocycles. The topological polar surface area (TPSA) is 92.7 Å². The molecule has 0 spiro atoms. The first-order valence-electron chi connectivity index (χ1n) is 6.88. The predicted octanol–water partition coefficient (Wildman–Crippen LogP) is 1.23. The van der Waals surface area contributed by atoms with Crippen LogP contribution in [0.4, 0.5) is 5.69 Å². The monoisotopic (exact) mass is 297 g/mol. The van der Waals surface area contributed by atoms with Crippen LogP contribution in [-0.4, -0.2) is 25.7 Å². The van der Waals surface area contributed by atoms with Gasteiger partial charge in [-0.3, -0.25) is 14.3 Å². The fourth-order valence-electron chi connectivity index (χ4n) is 2.19. The van der Waals surface area contributed by atoms with Gasteiger partial charge in [-0.05, 0) is 12.1 Å². The van der Waals surface area contributed by atoms with Crippen LogP contribution in [0.5, 0.6) is 0 Å². The van der Waals surface area contributed by atoms with Gasteiger partial charge < -0.3 is 10.3 Å². The van der Waals surface area contributed by atoms with E-state index in [1.807, 2.05) is 6.07 Å². The fraction of sp³-hybridized carbons (Fsp3) is 0.200. The minimum Gasteiger partial charge on any atom is -0.323 e. The van der Waals surface area contributed by atoms with E-state index in [2.05, 4.69) is 20.4 Å². The molecule has 0 radical (unpaired) electrons. The number of rotatable bonds is 4. The summed E-state index contributed by atoms with van der Waals surface area (Å²) in [5, 5.41) is 7.27. The third kappa shape index (κ3) is 3.03. The first-order chi connectivity index (χ1) is 10.6. The summed E-state index contributed by atoms with van der Waals surface area (Å²) in [5.74, 6) is 0.355. The van der Waals surface area contributed by atoms with Gasteiger partial charge in [0.05, 0.1) is 22.8 Å². The second-order valence-electron chi connectivity index (χ2n) is 4.98. The van der Waals surface area contributed by atoms with Crippen LogP contribution in [-0.2, 0) is 18.3 Å². The lowest BCUT2D eigenvalue weighted by Crippen LogP contribution is -2.16. The van der Waals surface area contributed by atoms with Gasteiger partial charge in [0.1, 0.15) is 5.82 Å². The zero-order valence-corrected chi connectivity index (χ0v) is 12.0. The average Bonchev–Trinajstić information content (AvgIpc) is 2.90. The molecule has 0 aliphatic heterocycles. The predicted molar refractivity (Wildman–Crippen MR) is 82.5 cm³/mol. The molecule has 22 heavy (non-hydrogen) atoms. The maximum absolute atomic E-state index is 11.9. The van der Waals surface area contributed by atoms with Gasteiger partial charge in [-0.1, -0.05) is 12.1 Å². The maximum atomic E-state index is 11.9. The number of H-pyrrole nitrogens is 1. The Labute approximate surface area is 126 Å². The SMILES string of the molecule is Cn1cc(NC(=O)CCc2nc3ccccc3c(=O)[nH]2)cn1. The number of aryl methyl sites for hydroxylation is 2. The Hall–Kier alpha value is -2.96. The summed E-state index contributed by atoms with van der Waals surface area (Å²) in [4.78, 5) is 30.9. The first kappa shape index (κ1) is 14.0. The van der Waals surface area contributed by atoms with Crippen molar-refractivity contribution in [2.75, 3.05) is 5.32 Å². The van der Waals surface area contributed by atoms with E-state index in [-0.39, 0.29) is 17.9 Å². The minimum atomic E-state index is -0.187. The number of amides is 1. The second-order valence-corrected chi connectivity index (χ2v) is 4.98. The molecule has 3 rings (SSSR count). The number of para-hydroxylation sites is 1. The fourth-order valence-corrected chi connectivity index (χ4v) is 2.19. The van der Waals surface area contributed by atoms with Crippen LogP contribution in [0.2, 0.25) is 0 Å². The van der Waals surface area contributed by atoms with Crippen LogP contribution in [0, 0.1) is 0 Å². The molecule has 0 aliphatic carbocycles. The van der Waals surface area contributed by atoms with Gasteiger partial charge in [-0.2, -0.15) is 5.10 Å². The van der Waals surface area contributed by atoms with Crippen LogP contribution in [0.1, 0.15) is 12.2 Å². The molecule has 1 amide bonds. The molecule has 1 aromatic carbocycles. The van der Waals surface area contributed by atoms with Crippen molar-refractivity contribution in [1.29, 1.82) is 0 Å². The Morgan fingerprint density at radius 2 is 2.18 bits per heavy atom. The summed E-state index contributed by atoms with van der Waals surface area (Å²) < 4.78 is 1.61. The number of fused-ring (bicyclic) bond motifs is 1. The molecule has 2 heterocycles. The first-order valence-corrected chi connectivity index (χ1v) is 6.88. The van der Waals surface area contributed by atoms with Crippen molar-refractivity contribution in [1.82, 2.24) is 19.7 Å². The number of carbonyl (C=O) groups excluding carboxylic acids is 1. The van der Waals surface area contributed by atoms with Gasteiger partial charge in [0.15, 0.2) is 0 Å². The highest BCUT2D eigenvalue weighted by Crippen LogP contribution is 2.08. The number of nitrogens with one attached hydrogen (secondary N) is 2. The summed E-state index contributed by atoms with van der Waals surface area (Å²) in [6.07, 6.45) is 3.89. The Bertz CT molecular complexity index is 881. The van der Waals surface area contributed by atoms with E-state index in [1.54, 1.807) is 42.3 Å². The van der Waals surface area contributed by atoms with E-state index in [0.717, 1.165) is 0 Å². The van der Waals surface area contributed by atoms with Crippen molar-refractivity contribution in [3.05, 3.63) is 52.8 Å². The lowest BCUT2D eigenvalue weighted by molar-refractivity contribution is -0.116. The molecular weight excluding hydrogens is 282 g/mol. The van der Waals surface area contributed by atoms with Crippen LogP contribution in [0.25, 0.3) is 10.9 Å². The number of carbonyl (C=O) groups is 1. The highest BCUT2D eigenvalue weighted by atomic mass is 16.1. The Balaban J connectivity index is 1.68. The Kier molecular flexibility index (Phi) is 3.69. The molecule has 2 N–H and O–H groups in total. The molecule has 0 aliphatic rings. The van der Waals surface area contributed by atoms with E-state index < -0.39 is 0 Å². The third-order valence-corrected chi connectivity index (χ3v) is 3.24. The van der Waals surface area contributed by atoms with Crippen molar-refractivity contribution < 1.29 is 4.79 Å². The molecule has 7 nitrogen and oxygen atoms in total. The van der Waals surface area contributed by atoms with Crippen molar-refractivity contribution in [2.45, 2.75) is 12.8 Å². The molecule has 2 aromatic heterocycles. The lowest BCUT2D eigenvalue weighted by Gasteiger charge is -2.04. The van der Waals surface area contributed by atoms with Crippen LogP contribution in [0.3, 0.4) is 0 Å².